The summed E-state index contributed by atoms with van der Waals surface area (Å²) in [5.74, 6) is -1.29. The van der Waals surface area contributed by atoms with Gasteiger partial charge in [-0.25, -0.2) is 17.5 Å². The summed E-state index contributed by atoms with van der Waals surface area (Å²) in [6.45, 7) is 1.44. The topological polar surface area (TPSA) is 92.8 Å². The second kappa shape index (κ2) is 9.69. The standard InChI is InChI=1S/C20H21ClN2O5S/c1-14-4-6-15(7-5-14)8-11-20(25)28-13-19(24)22-16-9-10-17(21)18(12-16)29(26,27)23(2)3/h4-12H,13H2,1-3H3,(H,22,24)/b11-8+. The molecule has 9 heteroatoms. The van der Waals surface area contributed by atoms with Gasteiger partial charge in [-0.15, -0.1) is 0 Å². The van der Waals surface area contributed by atoms with E-state index in [-0.39, 0.29) is 15.6 Å². The van der Waals surface area contributed by atoms with Gasteiger partial charge in [0.25, 0.3) is 5.91 Å². The van der Waals surface area contributed by atoms with E-state index in [1.165, 1.54) is 38.4 Å². The normalized spacial score (nSPS) is 11.6. The number of nitrogens with one attached hydrogen (secondary N) is 1. The number of nitrogens with zero attached hydrogens (tertiary/aromatic N) is 1. The minimum Gasteiger partial charge on any atom is -0.452 e. The van der Waals surface area contributed by atoms with Crippen LogP contribution in [0.4, 0.5) is 5.69 Å². The number of rotatable bonds is 7. The number of hydrogen-bond acceptors (Lipinski definition) is 5. The zero-order valence-electron chi connectivity index (χ0n) is 16.2. The van der Waals surface area contributed by atoms with Gasteiger partial charge in [-0.05, 0) is 36.8 Å². The number of anilines is 1. The molecule has 154 valence electrons. The molecule has 1 N–H and O–H groups in total. The number of carbonyl (C=O) groups is 2. The lowest BCUT2D eigenvalue weighted by molar-refractivity contribution is -0.142. The Kier molecular flexibility index (Phi) is 7.55. The van der Waals surface area contributed by atoms with Crippen LogP contribution in [0.25, 0.3) is 6.08 Å². The molecule has 29 heavy (non-hydrogen) atoms. The molecule has 0 aromatic heterocycles. The van der Waals surface area contributed by atoms with Crippen LogP contribution in [0.15, 0.2) is 53.4 Å². The number of benzene rings is 2. The predicted molar refractivity (Wildman–Crippen MR) is 112 cm³/mol. The average Bonchev–Trinajstić information content (AvgIpc) is 2.67. The van der Waals surface area contributed by atoms with Gasteiger partial charge in [-0.3, -0.25) is 4.79 Å². The molecular weight excluding hydrogens is 416 g/mol. The predicted octanol–water partition coefficient (Wildman–Crippen LogP) is 3.09. The summed E-state index contributed by atoms with van der Waals surface area (Å²) in [6, 6.07) is 11.6. The number of esters is 1. The van der Waals surface area contributed by atoms with Crippen molar-refractivity contribution in [2.75, 3.05) is 26.0 Å². The number of sulfonamides is 1. The fourth-order valence-corrected chi connectivity index (χ4v) is 3.59. The maximum atomic E-state index is 12.3. The van der Waals surface area contributed by atoms with Crippen LogP contribution in [-0.2, 0) is 24.3 Å². The van der Waals surface area contributed by atoms with Crippen molar-refractivity contribution >= 4 is 45.3 Å². The van der Waals surface area contributed by atoms with Crippen molar-refractivity contribution in [3.05, 3.63) is 64.7 Å². The van der Waals surface area contributed by atoms with E-state index in [2.05, 4.69) is 5.32 Å². The number of halogens is 1. The summed E-state index contributed by atoms with van der Waals surface area (Å²) in [4.78, 5) is 23.6. The molecule has 0 saturated carbocycles. The van der Waals surface area contributed by atoms with Crippen LogP contribution in [0.1, 0.15) is 11.1 Å². The van der Waals surface area contributed by atoms with Gasteiger partial charge in [-0.1, -0.05) is 41.4 Å². The highest BCUT2D eigenvalue weighted by atomic mass is 35.5. The third-order valence-corrected chi connectivity index (χ3v) is 6.10. The first-order valence-corrected chi connectivity index (χ1v) is 10.3. The van der Waals surface area contributed by atoms with Crippen LogP contribution in [0.5, 0.6) is 0 Å². The van der Waals surface area contributed by atoms with Crippen LogP contribution < -0.4 is 5.32 Å². The summed E-state index contributed by atoms with van der Waals surface area (Å²) < 4.78 is 30.4. The van der Waals surface area contributed by atoms with Crippen molar-refractivity contribution in [3.63, 3.8) is 0 Å². The maximum Gasteiger partial charge on any atom is 0.331 e. The Hall–Kier alpha value is -2.68. The van der Waals surface area contributed by atoms with Crippen LogP contribution >= 0.6 is 11.6 Å². The maximum absolute atomic E-state index is 12.3. The molecule has 7 nitrogen and oxygen atoms in total. The van der Waals surface area contributed by atoms with E-state index in [1.807, 2.05) is 31.2 Å². The van der Waals surface area contributed by atoms with E-state index in [4.69, 9.17) is 16.3 Å². The Morgan fingerprint density at radius 2 is 1.79 bits per heavy atom. The van der Waals surface area contributed by atoms with E-state index in [0.717, 1.165) is 15.4 Å². The van der Waals surface area contributed by atoms with Gasteiger partial charge in [-0.2, -0.15) is 0 Å². The highest BCUT2D eigenvalue weighted by Crippen LogP contribution is 2.26. The number of aryl methyl sites for hydroxylation is 1. The Morgan fingerprint density at radius 3 is 2.41 bits per heavy atom. The monoisotopic (exact) mass is 436 g/mol. The molecular formula is C20H21ClN2O5S. The molecule has 0 saturated heterocycles. The number of ether oxygens (including phenoxy) is 1. The largest absolute Gasteiger partial charge is 0.452 e. The van der Waals surface area contributed by atoms with Crippen LogP contribution in [-0.4, -0.2) is 45.3 Å². The van der Waals surface area contributed by atoms with Gasteiger partial charge in [0, 0.05) is 25.9 Å². The summed E-state index contributed by atoms with van der Waals surface area (Å²) in [6.07, 6.45) is 2.80. The third-order valence-electron chi connectivity index (χ3n) is 3.81. The van der Waals surface area contributed by atoms with Crippen molar-refractivity contribution in [2.24, 2.45) is 0 Å². The highest BCUT2D eigenvalue weighted by molar-refractivity contribution is 7.89. The van der Waals surface area contributed by atoms with Crippen molar-refractivity contribution in [1.29, 1.82) is 0 Å². The molecule has 0 radical (unpaired) electrons. The second-order valence-corrected chi connectivity index (χ2v) is 8.86. The van der Waals surface area contributed by atoms with E-state index < -0.39 is 28.5 Å². The number of carbonyl (C=O) groups excluding carboxylic acids is 2. The molecule has 0 heterocycles. The molecule has 0 aliphatic rings. The summed E-state index contributed by atoms with van der Waals surface area (Å²) >= 11 is 5.96. The molecule has 2 aromatic rings. The lowest BCUT2D eigenvalue weighted by Crippen LogP contribution is -2.23. The van der Waals surface area contributed by atoms with Crippen LogP contribution in [0.2, 0.25) is 5.02 Å². The molecule has 2 rings (SSSR count). The van der Waals surface area contributed by atoms with Crippen molar-refractivity contribution in [2.45, 2.75) is 11.8 Å². The molecule has 0 spiro atoms. The second-order valence-electron chi connectivity index (χ2n) is 6.33. The van der Waals surface area contributed by atoms with Gasteiger partial charge < -0.3 is 10.1 Å². The van der Waals surface area contributed by atoms with Gasteiger partial charge in [0.05, 0.1) is 5.02 Å². The van der Waals surface area contributed by atoms with Crippen molar-refractivity contribution in [3.8, 4) is 0 Å². The first kappa shape index (κ1) is 22.6. The van der Waals surface area contributed by atoms with E-state index in [0.29, 0.717) is 0 Å². The summed E-state index contributed by atoms with van der Waals surface area (Å²) in [5, 5.41) is 2.51. The van der Waals surface area contributed by atoms with E-state index in [1.54, 1.807) is 6.08 Å². The molecule has 0 fully saturated rings. The minimum absolute atomic E-state index is 0.0318. The average molecular weight is 437 g/mol. The minimum atomic E-state index is -3.77. The molecule has 1 amide bonds. The zero-order valence-corrected chi connectivity index (χ0v) is 17.8. The molecule has 0 aliphatic carbocycles. The Labute approximate surface area is 175 Å². The van der Waals surface area contributed by atoms with Crippen LogP contribution in [0, 0.1) is 6.92 Å². The number of hydrogen-bond donors (Lipinski definition) is 1. The lowest BCUT2D eigenvalue weighted by Gasteiger charge is -2.14. The molecule has 0 aliphatic heterocycles. The fourth-order valence-electron chi connectivity index (χ4n) is 2.20. The van der Waals surface area contributed by atoms with Crippen molar-refractivity contribution < 1.29 is 22.7 Å². The SMILES string of the molecule is Cc1ccc(/C=C/C(=O)OCC(=O)Nc2ccc(Cl)c(S(=O)(=O)N(C)C)c2)cc1. The summed E-state index contributed by atoms with van der Waals surface area (Å²) in [7, 11) is -1.02. The van der Waals surface area contributed by atoms with Gasteiger partial charge in [0.15, 0.2) is 6.61 Å². The molecule has 0 unspecified atom stereocenters. The van der Waals surface area contributed by atoms with Crippen LogP contribution in [0.3, 0.4) is 0 Å². The van der Waals surface area contributed by atoms with Gasteiger partial charge >= 0.3 is 5.97 Å². The van der Waals surface area contributed by atoms with E-state index in [9.17, 15) is 18.0 Å². The van der Waals surface area contributed by atoms with Crippen molar-refractivity contribution in [1.82, 2.24) is 4.31 Å². The first-order valence-electron chi connectivity index (χ1n) is 8.53. The molecule has 2 aromatic carbocycles. The lowest BCUT2D eigenvalue weighted by atomic mass is 10.1. The third kappa shape index (κ3) is 6.42. The van der Waals surface area contributed by atoms with E-state index >= 15 is 0 Å². The Morgan fingerprint density at radius 1 is 1.14 bits per heavy atom. The smallest absolute Gasteiger partial charge is 0.331 e. The quantitative estimate of drug-likeness (QED) is 0.531. The summed E-state index contributed by atoms with van der Waals surface area (Å²) in [5.41, 5.74) is 2.14. The molecule has 0 bridgehead atoms. The van der Waals surface area contributed by atoms with Gasteiger partial charge in [0.2, 0.25) is 10.0 Å². The molecule has 0 atom stereocenters. The Balaban J connectivity index is 1.95. The fraction of sp³-hybridized carbons (Fsp3) is 0.200. The zero-order chi connectivity index (χ0) is 21.6. The Bertz CT molecular complexity index is 1030. The van der Waals surface area contributed by atoms with Gasteiger partial charge in [0.1, 0.15) is 4.90 Å². The highest BCUT2D eigenvalue weighted by Gasteiger charge is 2.21. The number of amides is 1. The first-order chi connectivity index (χ1) is 13.6.